The predicted octanol–water partition coefficient (Wildman–Crippen LogP) is 3.69. The smallest absolute Gasteiger partial charge is 0.410 e. The highest BCUT2D eigenvalue weighted by Gasteiger charge is 2.51. The van der Waals surface area contributed by atoms with Gasteiger partial charge in [-0.15, -0.1) is 0 Å². The lowest BCUT2D eigenvalue weighted by atomic mass is 9.55. The summed E-state index contributed by atoms with van der Waals surface area (Å²) in [4.78, 5) is 26.7. The second-order valence-electron chi connectivity index (χ2n) is 12.1. The van der Waals surface area contributed by atoms with Crippen molar-refractivity contribution in [3.05, 3.63) is 35.4 Å². The number of rotatable bonds is 5. The van der Waals surface area contributed by atoms with E-state index in [0.29, 0.717) is 50.9 Å². The number of fused-ring (bicyclic) bond motifs is 2. The van der Waals surface area contributed by atoms with E-state index in [1.165, 1.54) is 49.1 Å². The van der Waals surface area contributed by atoms with E-state index in [4.69, 9.17) is 4.74 Å². The third kappa shape index (κ3) is 4.67. The summed E-state index contributed by atoms with van der Waals surface area (Å²) in [6.45, 7) is 1.78. The lowest BCUT2D eigenvalue weighted by Crippen LogP contribution is -2.55. The van der Waals surface area contributed by atoms with E-state index < -0.39 is 16.0 Å². The molecule has 0 radical (unpaired) electrons. The number of hydrogen-bond acceptors (Lipinski definition) is 6. The normalized spacial score (nSPS) is 32.2. The van der Waals surface area contributed by atoms with E-state index in [1.807, 2.05) is 23.1 Å². The van der Waals surface area contributed by atoms with Crippen molar-refractivity contribution in [3.8, 4) is 0 Å². The molecule has 2 aliphatic heterocycles. The summed E-state index contributed by atoms with van der Waals surface area (Å²) in [7, 11) is -2.37. The topological polar surface area (TPSA) is 93.2 Å². The summed E-state index contributed by atoms with van der Waals surface area (Å²) < 4.78 is 38.7. The lowest BCUT2D eigenvalue weighted by Gasteiger charge is -2.54. The highest BCUT2D eigenvalue weighted by atomic mass is 32.2. The van der Waals surface area contributed by atoms with Gasteiger partial charge in [0.05, 0.1) is 19.3 Å². The quantitative estimate of drug-likeness (QED) is 0.539. The number of sulfonamides is 1. The van der Waals surface area contributed by atoms with Crippen molar-refractivity contribution in [2.75, 3.05) is 32.5 Å². The lowest BCUT2D eigenvalue weighted by molar-refractivity contribution is -0.140. The molecule has 4 saturated carbocycles. The van der Waals surface area contributed by atoms with E-state index >= 15 is 0 Å². The molecular weight excluding hydrogens is 492 g/mol. The van der Waals surface area contributed by atoms with Gasteiger partial charge in [-0.1, -0.05) is 24.3 Å². The van der Waals surface area contributed by atoms with Crippen molar-refractivity contribution >= 4 is 22.1 Å². The van der Waals surface area contributed by atoms with E-state index in [2.05, 4.69) is 10.8 Å². The Bertz CT molecular complexity index is 1130. The molecule has 0 unspecified atom stereocenters. The molecule has 1 aromatic rings. The first-order valence-corrected chi connectivity index (χ1v) is 15.5. The Hall–Kier alpha value is -2.13. The molecule has 7 rings (SSSR count). The standard InChI is InChI=1S/C28H38N2O6S/c1-35-25(31)6-11-37(33,34)30-17-21-4-2-3-5-24(21)28(18-30)7-9-29(10-8-28)27(32)36-26-22-13-19-12-20(15-22)16-23(26)14-19/h2-5,19-20,22-23,26H,6-18H2,1H3. The zero-order valence-corrected chi connectivity index (χ0v) is 22.5. The molecule has 4 bridgehead atoms. The van der Waals surface area contributed by atoms with Crippen LogP contribution in [0.5, 0.6) is 0 Å². The van der Waals surface area contributed by atoms with E-state index in [-0.39, 0.29) is 29.8 Å². The fraction of sp³-hybridized carbons (Fsp3) is 0.714. The summed E-state index contributed by atoms with van der Waals surface area (Å²) in [6.07, 6.45) is 7.31. The molecule has 37 heavy (non-hydrogen) atoms. The van der Waals surface area contributed by atoms with Crippen LogP contribution in [-0.4, -0.2) is 68.3 Å². The zero-order valence-electron chi connectivity index (χ0n) is 21.6. The van der Waals surface area contributed by atoms with Gasteiger partial charge >= 0.3 is 12.1 Å². The fourth-order valence-electron chi connectivity index (χ4n) is 8.29. The van der Waals surface area contributed by atoms with Gasteiger partial charge in [-0.25, -0.2) is 13.2 Å². The number of esters is 1. The highest BCUT2D eigenvalue weighted by Crippen LogP contribution is 2.55. The van der Waals surface area contributed by atoms with Crippen molar-refractivity contribution in [3.63, 3.8) is 0 Å². The SMILES string of the molecule is COC(=O)CCS(=O)(=O)N1Cc2ccccc2C2(CCN(C(=O)OC3C4CC5CC(C4)CC3C5)CC2)C1. The molecule has 0 aromatic heterocycles. The number of likely N-dealkylation sites (tertiary alicyclic amines) is 1. The van der Waals surface area contributed by atoms with Crippen LogP contribution in [0.3, 0.4) is 0 Å². The van der Waals surface area contributed by atoms with Crippen LogP contribution in [0.15, 0.2) is 24.3 Å². The molecule has 0 atom stereocenters. The number of amides is 1. The average Bonchev–Trinajstić information content (AvgIpc) is 2.89. The number of piperidine rings is 1. The Morgan fingerprint density at radius 2 is 1.65 bits per heavy atom. The first kappa shape index (κ1) is 25.2. The molecule has 9 heteroatoms. The maximum atomic E-state index is 13.3. The third-order valence-corrected chi connectivity index (χ3v) is 11.7. The molecule has 5 fully saturated rings. The van der Waals surface area contributed by atoms with Crippen LogP contribution in [-0.2, 0) is 36.3 Å². The predicted molar refractivity (Wildman–Crippen MR) is 137 cm³/mol. The second-order valence-corrected chi connectivity index (χ2v) is 14.2. The maximum absolute atomic E-state index is 13.3. The van der Waals surface area contributed by atoms with Gasteiger partial charge in [-0.3, -0.25) is 4.79 Å². The first-order chi connectivity index (χ1) is 17.8. The van der Waals surface area contributed by atoms with Gasteiger partial charge in [0.2, 0.25) is 10.0 Å². The number of carbonyl (C=O) groups excluding carboxylic acids is 2. The number of methoxy groups -OCH3 is 1. The van der Waals surface area contributed by atoms with Gasteiger partial charge in [0.25, 0.3) is 0 Å². The number of carbonyl (C=O) groups is 2. The van der Waals surface area contributed by atoms with Crippen LogP contribution < -0.4 is 0 Å². The fourth-order valence-corrected chi connectivity index (χ4v) is 9.75. The molecule has 1 saturated heterocycles. The average molecular weight is 531 g/mol. The van der Waals surface area contributed by atoms with Crippen LogP contribution in [0.1, 0.15) is 62.5 Å². The summed E-state index contributed by atoms with van der Waals surface area (Å²) in [6, 6.07) is 8.05. The van der Waals surface area contributed by atoms with Crippen LogP contribution >= 0.6 is 0 Å². The van der Waals surface area contributed by atoms with Crippen molar-refractivity contribution in [2.24, 2.45) is 23.7 Å². The molecule has 1 aromatic carbocycles. The maximum Gasteiger partial charge on any atom is 0.410 e. The minimum Gasteiger partial charge on any atom is -0.469 e. The monoisotopic (exact) mass is 530 g/mol. The molecular formula is C28H38N2O6S. The number of nitrogens with zero attached hydrogens (tertiary/aromatic N) is 2. The van der Waals surface area contributed by atoms with E-state index in [1.54, 1.807) is 0 Å². The third-order valence-electron chi connectivity index (χ3n) is 9.96. The number of ether oxygens (including phenoxy) is 2. The first-order valence-electron chi connectivity index (χ1n) is 13.8. The molecule has 4 aliphatic carbocycles. The Morgan fingerprint density at radius 3 is 2.30 bits per heavy atom. The highest BCUT2D eigenvalue weighted by molar-refractivity contribution is 7.89. The molecule has 1 spiro atoms. The van der Waals surface area contributed by atoms with Crippen LogP contribution in [0.25, 0.3) is 0 Å². The van der Waals surface area contributed by atoms with Gasteiger partial charge in [0.15, 0.2) is 0 Å². The molecule has 1 amide bonds. The number of benzene rings is 1. The van der Waals surface area contributed by atoms with Gasteiger partial charge in [0.1, 0.15) is 6.10 Å². The van der Waals surface area contributed by atoms with Crippen LogP contribution in [0.4, 0.5) is 4.79 Å². The second kappa shape index (κ2) is 9.56. The molecule has 6 aliphatic rings. The van der Waals surface area contributed by atoms with E-state index in [9.17, 15) is 18.0 Å². The Kier molecular flexibility index (Phi) is 6.50. The number of hydrogen-bond donors (Lipinski definition) is 0. The minimum atomic E-state index is -3.64. The van der Waals surface area contributed by atoms with Crippen molar-refractivity contribution in [1.29, 1.82) is 0 Å². The Morgan fingerprint density at radius 1 is 1.00 bits per heavy atom. The van der Waals surface area contributed by atoms with Crippen molar-refractivity contribution in [1.82, 2.24) is 9.21 Å². The summed E-state index contributed by atoms with van der Waals surface area (Å²) in [5, 5.41) is 0. The Labute approximate surface area is 219 Å². The zero-order chi connectivity index (χ0) is 25.8. The van der Waals surface area contributed by atoms with Gasteiger partial charge in [-0.05, 0) is 79.7 Å². The van der Waals surface area contributed by atoms with Gasteiger partial charge in [0, 0.05) is 31.6 Å². The molecule has 2 heterocycles. The van der Waals surface area contributed by atoms with Crippen molar-refractivity contribution in [2.45, 2.75) is 69.4 Å². The minimum absolute atomic E-state index is 0.0713. The summed E-state index contributed by atoms with van der Waals surface area (Å²) in [5.74, 6) is 1.95. The van der Waals surface area contributed by atoms with E-state index in [0.717, 1.165) is 17.4 Å². The molecule has 0 N–H and O–H groups in total. The molecule has 8 nitrogen and oxygen atoms in total. The largest absolute Gasteiger partial charge is 0.469 e. The Balaban J connectivity index is 1.14. The summed E-state index contributed by atoms with van der Waals surface area (Å²) >= 11 is 0. The molecule has 202 valence electrons. The summed E-state index contributed by atoms with van der Waals surface area (Å²) in [5.41, 5.74) is 1.83. The van der Waals surface area contributed by atoms with Crippen LogP contribution in [0.2, 0.25) is 0 Å². The van der Waals surface area contributed by atoms with Crippen molar-refractivity contribution < 1.29 is 27.5 Å². The van der Waals surface area contributed by atoms with Gasteiger partial charge < -0.3 is 14.4 Å². The van der Waals surface area contributed by atoms with Gasteiger partial charge in [-0.2, -0.15) is 4.31 Å². The van der Waals surface area contributed by atoms with Crippen LogP contribution in [0, 0.1) is 23.7 Å².